The number of hydrogen-bond acceptors (Lipinski definition) is 8. The molecule has 11 heteroatoms. The summed E-state index contributed by atoms with van der Waals surface area (Å²) in [5.41, 5.74) is 0.754. The second kappa shape index (κ2) is 13.3. The van der Waals surface area contributed by atoms with E-state index in [4.69, 9.17) is 14.2 Å². The number of unbranched alkanes of at least 4 members (excludes halogenated alkanes) is 1. The van der Waals surface area contributed by atoms with Gasteiger partial charge in [-0.15, -0.1) is 0 Å². The molecule has 3 atom stereocenters. The van der Waals surface area contributed by atoms with Gasteiger partial charge >= 0.3 is 5.97 Å². The Labute approximate surface area is 229 Å². The number of carbonyl (C=O) groups is 3. The number of likely N-dealkylation sites (tertiary alicyclic amines) is 2. The lowest BCUT2D eigenvalue weighted by Crippen LogP contribution is -2.46. The van der Waals surface area contributed by atoms with E-state index in [1.807, 2.05) is 11.0 Å². The zero-order valence-electron chi connectivity index (χ0n) is 23.0. The summed E-state index contributed by atoms with van der Waals surface area (Å²) >= 11 is 0. The van der Waals surface area contributed by atoms with Crippen LogP contribution >= 0.6 is 0 Å². The zero-order valence-corrected chi connectivity index (χ0v) is 23.0. The summed E-state index contributed by atoms with van der Waals surface area (Å²) in [7, 11) is 1.53. The lowest BCUT2D eigenvalue weighted by atomic mass is 9.84. The Morgan fingerprint density at radius 1 is 1.21 bits per heavy atom. The first-order chi connectivity index (χ1) is 18.9. The van der Waals surface area contributed by atoms with E-state index in [0.717, 1.165) is 24.8 Å². The standard InChI is InChI=1S/C28H41N3O8/c1-3-4-9-29(11-6-13-32)25(34)17-31-16-20(19-14-22(37-2)27-23(15-19)38-18-39-27)26(28(35)36)21(31)8-12-30-10-5-7-24(30)33/h14-15,20-21,26,32H,3-13,16-18H2,1-2H3,(H,35,36)/t20-,21+,26?/m1/s1. The highest BCUT2D eigenvalue weighted by Gasteiger charge is 2.48. The maximum absolute atomic E-state index is 13.5. The maximum atomic E-state index is 13.5. The van der Waals surface area contributed by atoms with Crippen LogP contribution in [0.15, 0.2) is 12.1 Å². The van der Waals surface area contributed by atoms with Crippen molar-refractivity contribution in [3.63, 3.8) is 0 Å². The van der Waals surface area contributed by atoms with E-state index in [1.165, 1.54) is 7.11 Å². The topological polar surface area (TPSA) is 129 Å². The number of ether oxygens (including phenoxy) is 3. The molecule has 3 aliphatic rings. The van der Waals surface area contributed by atoms with Crippen LogP contribution in [0.1, 0.15) is 56.9 Å². The Hall–Kier alpha value is -3.05. The average molecular weight is 548 g/mol. The van der Waals surface area contributed by atoms with Crippen LogP contribution in [0.4, 0.5) is 0 Å². The van der Waals surface area contributed by atoms with E-state index in [9.17, 15) is 24.6 Å². The summed E-state index contributed by atoms with van der Waals surface area (Å²) in [4.78, 5) is 44.1. The molecule has 11 nitrogen and oxygen atoms in total. The number of aliphatic carboxylic acids is 1. The maximum Gasteiger partial charge on any atom is 0.308 e. The fraction of sp³-hybridized carbons (Fsp3) is 0.679. The smallest absolute Gasteiger partial charge is 0.308 e. The van der Waals surface area contributed by atoms with Gasteiger partial charge in [-0.3, -0.25) is 19.3 Å². The molecule has 3 aliphatic heterocycles. The van der Waals surface area contributed by atoms with Crippen LogP contribution in [0.3, 0.4) is 0 Å². The number of carbonyl (C=O) groups excluding carboxylic acids is 2. The number of fused-ring (bicyclic) bond motifs is 1. The summed E-state index contributed by atoms with van der Waals surface area (Å²) in [6, 6.07) is 3.18. The van der Waals surface area contributed by atoms with Crippen molar-refractivity contribution in [1.29, 1.82) is 0 Å². The first kappa shape index (κ1) is 28.9. The first-order valence-electron chi connectivity index (χ1n) is 14.0. The third kappa shape index (κ3) is 6.58. The van der Waals surface area contributed by atoms with Gasteiger partial charge in [0.2, 0.25) is 24.4 Å². The monoisotopic (exact) mass is 547 g/mol. The van der Waals surface area contributed by atoms with Crippen molar-refractivity contribution in [2.75, 3.05) is 59.8 Å². The van der Waals surface area contributed by atoms with Crippen molar-refractivity contribution in [2.24, 2.45) is 5.92 Å². The second-order valence-corrected chi connectivity index (χ2v) is 10.5. The molecule has 1 unspecified atom stereocenters. The number of nitrogens with zero attached hydrogens (tertiary/aromatic N) is 3. The van der Waals surface area contributed by atoms with Crippen LogP contribution in [0.2, 0.25) is 0 Å². The van der Waals surface area contributed by atoms with E-state index < -0.39 is 23.8 Å². The minimum atomic E-state index is -0.938. The van der Waals surface area contributed by atoms with E-state index in [1.54, 1.807) is 15.9 Å². The fourth-order valence-corrected chi connectivity index (χ4v) is 6.03. The van der Waals surface area contributed by atoms with Gasteiger partial charge in [0.15, 0.2) is 11.5 Å². The molecule has 0 radical (unpaired) electrons. The number of carboxylic acids is 1. The van der Waals surface area contributed by atoms with Crippen molar-refractivity contribution in [3.05, 3.63) is 17.7 Å². The molecule has 1 aromatic carbocycles. The molecule has 0 saturated carbocycles. The molecule has 39 heavy (non-hydrogen) atoms. The summed E-state index contributed by atoms with van der Waals surface area (Å²) in [6.07, 6.45) is 4.08. The molecule has 2 saturated heterocycles. The predicted molar refractivity (Wildman–Crippen MR) is 142 cm³/mol. The van der Waals surface area contributed by atoms with Crippen LogP contribution < -0.4 is 14.2 Å². The van der Waals surface area contributed by atoms with Crippen molar-refractivity contribution in [2.45, 2.75) is 57.4 Å². The van der Waals surface area contributed by atoms with Crippen LogP contribution in [0.5, 0.6) is 17.2 Å². The van der Waals surface area contributed by atoms with E-state index in [-0.39, 0.29) is 31.8 Å². The van der Waals surface area contributed by atoms with Gasteiger partial charge in [0.05, 0.1) is 19.6 Å². The number of aliphatic hydroxyl groups is 1. The summed E-state index contributed by atoms with van der Waals surface area (Å²) in [6.45, 7) is 4.77. The van der Waals surface area contributed by atoms with Crippen molar-refractivity contribution in [3.8, 4) is 17.2 Å². The summed E-state index contributed by atoms with van der Waals surface area (Å²) in [5, 5.41) is 19.8. The Balaban J connectivity index is 1.62. The van der Waals surface area contributed by atoms with Gasteiger partial charge in [-0.25, -0.2) is 0 Å². The molecular formula is C28H41N3O8. The van der Waals surface area contributed by atoms with Gasteiger partial charge in [0, 0.05) is 57.7 Å². The van der Waals surface area contributed by atoms with Crippen LogP contribution in [-0.4, -0.2) is 109 Å². The Kier molecular flexibility index (Phi) is 9.90. The van der Waals surface area contributed by atoms with Gasteiger partial charge in [-0.2, -0.15) is 0 Å². The lowest BCUT2D eigenvalue weighted by molar-refractivity contribution is -0.144. The lowest BCUT2D eigenvalue weighted by Gasteiger charge is -2.30. The van der Waals surface area contributed by atoms with Gasteiger partial charge in [0.1, 0.15) is 0 Å². The molecule has 0 spiro atoms. The van der Waals surface area contributed by atoms with Gasteiger partial charge in [-0.05, 0) is 43.4 Å². The molecule has 1 aromatic rings. The number of amides is 2. The highest BCUT2D eigenvalue weighted by molar-refractivity contribution is 5.79. The molecule has 0 aromatic heterocycles. The summed E-state index contributed by atoms with van der Waals surface area (Å²) in [5.74, 6) is -0.641. The van der Waals surface area contributed by atoms with Gasteiger partial charge < -0.3 is 34.2 Å². The normalized spacial score (nSPS) is 22.5. The largest absolute Gasteiger partial charge is 0.493 e. The van der Waals surface area contributed by atoms with E-state index in [2.05, 4.69) is 6.92 Å². The number of aliphatic hydroxyl groups excluding tert-OH is 1. The molecular weight excluding hydrogens is 506 g/mol. The molecule has 3 heterocycles. The average Bonchev–Trinajstić information content (AvgIpc) is 3.65. The number of methoxy groups -OCH3 is 1. The number of hydrogen-bond donors (Lipinski definition) is 2. The molecule has 2 amide bonds. The quantitative estimate of drug-likeness (QED) is 0.359. The van der Waals surface area contributed by atoms with Gasteiger partial charge in [0.25, 0.3) is 0 Å². The Bertz CT molecular complexity index is 1030. The number of carboxylic acid groups (broad SMARTS) is 1. The van der Waals surface area contributed by atoms with Crippen molar-refractivity contribution >= 4 is 17.8 Å². The van der Waals surface area contributed by atoms with Crippen LogP contribution in [0.25, 0.3) is 0 Å². The van der Waals surface area contributed by atoms with E-state index >= 15 is 0 Å². The highest BCUT2D eigenvalue weighted by atomic mass is 16.7. The number of benzene rings is 1. The minimum Gasteiger partial charge on any atom is -0.493 e. The molecule has 0 aliphatic carbocycles. The molecule has 2 N–H and O–H groups in total. The van der Waals surface area contributed by atoms with Crippen LogP contribution in [0, 0.1) is 5.92 Å². The molecule has 216 valence electrons. The van der Waals surface area contributed by atoms with E-state index in [0.29, 0.717) is 69.2 Å². The van der Waals surface area contributed by atoms with Crippen molar-refractivity contribution in [1.82, 2.24) is 14.7 Å². The highest BCUT2D eigenvalue weighted by Crippen LogP contribution is 2.47. The zero-order chi connectivity index (χ0) is 27.9. The third-order valence-corrected chi connectivity index (χ3v) is 8.07. The Morgan fingerprint density at radius 2 is 2.00 bits per heavy atom. The third-order valence-electron chi connectivity index (χ3n) is 8.07. The predicted octanol–water partition coefficient (Wildman–Crippen LogP) is 1.92. The fourth-order valence-electron chi connectivity index (χ4n) is 6.03. The first-order valence-corrected chi connectivity index (χ1v) is 14.0. The van der Waals surface area contributed by atoms with Gasteiger partial charge in [-0.1, -0.05) is 13.3 Å². The number of rotatable bonds is 14. The SMILES string of the molecule is CCCCN(CCCO)C(=O)CN1C[C@H](c2cc(OC)c3c(c2)OCO3)C(C(=O)O)[C@@H]1CCN1CCCC1=O. The molecule has 2 fully saturated rings. The molecule has 4 rings (SSSR count). The van der Waals surface area contributed by atoms with Crippen LogP contribution in [-0.2, 0) is 14.4 Å². The summed E-state index contributed by atoms with van der Waals surface area (Å²) < 4.78 is 16.6. The van der Waals surface area contributed by atoms with Crippen molar-refractivity contribution < 1.29 is 38.8 Å². The minimum absolute atomic E-state index is 0.00121. The second-order valence-electron chi connectivity index (χ2n) is 10.5. The Morgan fingerprint density at radius 3 is 2.67 bits per heavy atom. The molecule has 0 bridgehead atoms.